The summed E-state index contributed by atoms with van der Waals surface area (Å²) < 4.78 is 13.9. The molecular formula is C24H26FN3O3. The maximum atomic E-state index is 13.9. The molecule has 0 atom stereocenters. The number of halogens is 1. The third-order valence-corrected chi connectivity index (χ3v) is 6.07. The number of carbonyl (C=O) groups is 3. The molecule has 1 aliphatic carbocycles. The smallest absolute Gasteiger partial charge is 0.312 e. The van der Waals surface area contributed by atoms with E-state index in [-0.39, 0.29) is 11.7 Å². The molecule has 2 aromatic rings. The summed E-state index contributed by atoms with van der Waals surface area (Å²) in [4.78, 5) is 40.8. The van der Waals surface area contributed by atoms with Gasteiger partial charge in [0.15, 0.2) is 0 Å². The van der Waals surface area contributed by atoms with E-state index in [0.29, 0.717) is 25.2 Å². The summed E-state index contributed by atoms with van der Waals surface area (Å²) in [6, 6.07) is 11.5. The molecule has 2 fully saturated rings. The summed E-state index contributed by atoms with van der Waals surface area (Å²) >= 11 is 0. The SMILES string of the molecule is Cc1ccc(F)c(NC(=O)c2ccc(CN3CCN(C4CCCC4)C(=O)C3=O)cc2)c1. The molecule has 0 bridgehead atoms. The van der Waals surface area contributed by atoms with E-state index in [1.54, 1.807) is 46.2 Å². The number of anilines is 1. The highest BCUT2D eigenvalue weighted by Crippen LogP contribution is 2.25. The van der Waals surface area contributed by atoms with Gasteiger partial charge in [0.25, 0.3) is 5.91 Å². The van der Waals surface area contributed by atoms with Crippen molar-refractivity contribution in [2.24, 2.45) is 0 Å². The van der Waals surface area contributed by atoms with Gasteiger partial charge in [-0.05, 0) is 55.2 Å². The van der Waals surface area contributed by atoms with E-state index in [0.717, 1.165) is 36.8 Å². The van der Waals surface area contributed by atoms with Crippen LogP contribution in [0.2, 0.25) is 0 Å². The molecule has 0 aromatic heterocycles. The molecule has 162 valence electrons. The van der Waals surface area contributed by atoms with Crippen LogP contribution in [-0.2, 0) is 16.1 Å². The molecule has 2 aromatic carbocycles. The minimum atomic E-state index is -0.490. The zero-order valence-electron chi connectivity index (χ0n) is 17.6. The van der Waals surface area contributed by atoms with Crippen molar-refractivity contribution in [2.75, 3.05) is 18.4 Å². The fraction of sp³-hybridized carbons (Fsp3) is 0.375. The van der Waals surface area contributed by atoms with E-state index < -0.39 is 23.5 Å². The first kappa shape index (κ1) is 21.0. The van der Waals surface area contributed by atoms with Crippen molar-refractivity contribution in [3.05, 3.63) is 65.0 Å². The van der Waals surface area contributed by atoms with Crippen molar-refractivity contribution in [3.63, 3.8) is 0 Å². The lowest BCUT2D eigenvalue weighted by atomic mass is 10.1. The number of benzene rings is 2. The monoisotopic (exact) mass is 423 g/mol. The van der Waals surface area contributed by atoms with Crippen LogP contribution < -0.4 is 5.32 Å². The van der Waals surface area contributed by atoms with Crippen LogP contribution >= 0.6 is 0 Å². The van der Waals surface area contributed by atoms with Gasteiger partial charge in [0.05, 0.1) is 5.69 Å². The molecule has 6 nitrogen and oxygen atoms in total. The largest absolute Gasteiger partial charge is 0.330 e. The van der Waals surface area contributed by atoms with Crippen LogP contribution in [0.15, 0.2) is 42.5 Å². The van der Waals surface area contributed by atoms with E-state index in [1.165, 1.54) is 6.07 Å². The maximum Gasteiger partial charge on any atom is 0.312 e. The van der Waals surface area contributed by atoms with Gasteiger partial charge in [-0.15, -0.1) is 0 Å². The first-order chi connectivity index (χ1) is 14.9. The summed E-state index contributed by atoms with van der Waals surface area (Å²) in [5.74, 6) is -1.77. The molecule has 1 saturated heterocycles. The number of nitrogens with zero attached hydrogens (tertiary/aromatic N) is 2. The Balaban J connectivity index is 1.37. The predicted octanol–water partition coefficient (Wildman–Crippen LogP) is 3.50. The quantitative estimate of drug-likeness (QED) is 0.749. The lowest BCUT2D eigenvalue weighted by molar-refractivity contribution is -0.158. The van der Waals surface area contributed by atoms with Crippen LogP contribution in [0.3, 0.4) is 0 Å². The van der Waals surface area contributed by atoms with Crippen molar-refractivity contribution in [3.8, 4) is 0 Å². The van der Waals surface area contributed by atoms with Crippen LogP contribution in [-0.4, -0.2) is 46.7 Å². The van der Waals surface area contributed by atoms with Gasteiger partial charge in [-0.1, -0.05) is 31.0 Å². The molecular weight excluding hydrogens is 397 g/mol. The summed E-state index contributed by atoms with van der Waals surface area (Å²) in [6.45, 7) is 3.22. The maximum absolute atomic E-state index is 13.9. The fourth-order valence-electron chi connectivity index (χ4n) is 4.32. The van der Waals surface area contributed by atoms with Crippen molar-refractivity contribution in [1.82, 2.24) is 9.80 Å². The van der Waals surface area contributed by atoms with E-state index >= 15 is 0 Å². The van der Waals surface area contributed by atoms with Crippen molar-refractivity contribution in [1.29, 1.82) is 0 Å². The topological polar surface area (TPSA) is 69.7 Å². The third-order valence-electron chi connectivity index (χ3n) is 6.07. The van der Waals surface area contributed by atoms with Gasteiger partial charge in [0.2, 0.25) is 0 Å². The standard InChI is InChI=1S/C24H26FN3O3/c1-16-6-11-20(25)21(14-16)26-22(29)18-9-7-17(8-10-18)15-27-12-13-28(24(31)23(27)30)19-4-2-3-5-19/h6-11,14,19H,2-5,12-13,15H2,1H3,(H,26,29). The minimum absolute atomic E-state index is 0.137. The van der Waals surface area contributed by atoms with Gasteiger partial charge < -0.3 is 15.1 Å². The number of hydrogen-bond donors (Lipinski definition) is 1. The lowest BCUT2D eigenvalue weighted by Gasteiger charge is -2.37. The number of amides is 3. The molecule has 1 N–H and O–H groups in total. The van der Waals surface area contributed by atoms with Crippen LogP contribution in [0.25, 0.3) is 0 Å². The van der Waals surface area contributed by atoms with E-state index in [2.05, 4.69) is 5.32 Å². The van der Waals surface area contributed by atoms with Crippen LogP contribution in [0.5, 0.6) is 0 Å². The van der Waals surface area contributed by atoms with Gasteiger partial charge >= 0.3 is 11.8 Å². The number of carbonyl (C=O) groups excluding carboxylic acids is 3. The second kappa shape index (κ2) is 8.88. The summed E-state index contributed by atoms with van der Waals surface area (Å²) in [6.07, 6.45) is 4.19. The second-order valence-electron chi connectivity index (χ2n) is 8.30. The number of nitrogens with one attached hydrogen (secondary N) is 1. The van der Waals surface area contributed by atoms with E-state index in [9.17, 15) is 18.8 Å². The molecule has 31 heavy (non-hydrogen) atoms. The zero-order chi connectivity index (χ0) is 22.0. The van der Waals surface area contributed by atoms with Gasteiger partial charge in [-0.25, -0.2) is 4.39 Å². The molecule has 1 aliphatic heterocycles. The Hall–Kier alpha value is -3.22. The third kappa shape index (κ3) is 4.60. The summed E-state index contributed by atoms with van der Waals surface area (Å²) in [5.41, 5.74) is 2.20. The number of piperazine rings is 1. The van der Waals surface area contributed by atoms with Crippen molar-refractivity contribution in [2.45, 2.75) is 45.2 Å². The first-order valence-electron chi connectivity index (χ1n) is 10.7. The Bertz CT molecular complexity index is 1000. The first-order valence-corrected chi connectivity index (χ1v) is 10.7. The molecule has 3 amide bonds. The van der Waals surface area contributed by atoms with Gasteiger partial charge in [-0.3, -0.25) is 14.4 Å². The molecule has 0 spiro atoms. The molecule has 4 rings (SSSR count). The molecule has 1 saturated carbocycles. The lowest BCUT2D eigenvalue weighted by Crippen LogP contribution is -2.56. The Morgan fingerprint density at radius 3 is 2.45 bits per heavy atom. The average Bonchev–Trinajstić information content (AvgIpc) is 3.29. The highest BCUT2D eigenvalue weighted by Gasteiger charge is 2.37. The van der Waals surface area contributed by atoms with E-state index in [1.807, 2.05) is 6.92 Å². The number of aryl methyl sites for hydroxylation is 1. The highest BCUT2D eigenvalue weighted by atomic mass is 19.1. The molecule has 2 aliphatic rings. The molecule has 1 heterocycles. The average molecular weight is 423 g/mol. The summed E-state index contributed by atoms with van der Waals surface area (Å²) in [7, 11) is 0. The van der Waals surface area contributed by atoms with Crippen LogP contribution in [0.4, 0.5) is 10.1 Å². The Morgan fingerprint density at radius 2 is 1.74 bits per heavy atom. The van der Waals surface area contributed by atoms with Gasteiger partial charge in [0.1, 0.15) is 5.82 Å². The zero-order valence-corrected chi connectivity index (χ0v) is 17.6. The van der Waals surface area contributed by atoms with Crippen LogP contribution in [0, 0.1) is 12.7 Å². The predicted molar refractivity (Wildman–Crippen MR) is 115 cm³/mol. The highest BCUT2D eigenvalue weighted by molar-refractivity contribution is 6.35. The second-order valence-corrected chi connectivity index (χ2v) is 8.30. The summed E-state index contributed by atoms with van der Waals surface area (Å²) in [5, 5.41) is 2.58. The molecule has 0 unspecified atom stereocenters. The fourth-order valence-corrected chi connectivity index (χ4v) is 4.32. The Labute approximate surface area is 181 Å². The van der Waals surface area contributed by atoms with Gasteiger partial charge in [0, 0.05) is 31.2 Å². The minimum Gasteiger partial charge on any atom is -0.330 e. The van der Waals surface area contributed by atoms with Crippen LogP contribution in [0.1, 0.15) is 47.2 Å². The van der Waals surface area contributed by atoms with E-state index in [4.69, 9.17) is 0 Å². The Morgan fingerprint density at radius 1 is 1.03 bits per heavy atom. The molecule has 0 radical (unpaired) electrons. The van der Waals surface area contributed by atoms with Gasteiger partial charge in [-0.2, -0.15) is 0 Å². The normalized spacial score (nSPS) is 17.4. The van der Waals surface area contributed by atoms with Crippen molar-refractivity contribution < 1.29 is 18.8 Å². The molecule has 7 heteroatoms. The number of hydrogen-bond acceptors (Lipinski definition) is 3. The Kier molecular flexibility index (Phi) is 6.02. The van der Waals surface area contributed by atoms with Crippen molar-refractivity contribution >= 4 is 23.4 Å². The number of rotatable bonds is 5.